The van der Waals surface area contributed by atoms with E-state index in [4.69, 9.17) is 40.2 Å². The number of ether oxygens (including phenoxy) is 1. The molecule has 40 heavy (non-hydrogen) atoms. The fourth-order valence-corrected chi connectivity index (χ4v) is 4.82. The van der Waals surface area contributed by atoms with E-state index in [1.165, 1.54) is 40.2 Å². The zero-order chi connectivity index (χ0) is 28.8. The maximum absolute atomic E-state index is 13.5. The highest BCUT2D eigenvalue weighted by atomic mass is 35.5. The van der Waals surface area contributed by atoms with Gasteiger partial charge < -0.3 is 10.1 Å². The molecule has 206 valence electrons. The third-order valence-electron chi connectivity index (χ3n) is 5.94. The Morgan fingerprint density at radius 2 is 1.70 bits per heavy atom. The Kier molecular flexibility index (Phi) is 9.36. The van der Waals surface area contributed by atoms with Crippen LogP contribution in [0, 0.1) is 0 Å². The van der Waals surface area contributed by atoms with Crippen molar-refractivity contribution in [1.29, 1.82) is 0 Å². The van der Waals surface area contributed by atoms with Crippen LogP contribution in [0.25, 0.3) is 0 Å². The lowest BCUT2D eigenvalue weighted by molar-refractivity contribution is -0.131. The normalized spacial score (nSPS) is 14.7. The first-order valence-electron chi connectivity index (χ1n) is 12.2. The number of hydrazine groups is 1. The average molecular weight is 599 g/mol. The summed E-state index contributed by atoms with van der Waals surface area (Å²) in [5.41, 5.74) is 4.32. The Hall–Kier alpha value is -3.99. The standard InChI is InChI=1S/C28H24Cl2N4O5S/c1-2-39-27(38)18-8-11-20(12-9-18)31-24(35)15-23-26(37)33(16-17-6-4-3-5-7-17)28(40)34(23)32-25(36)21-13-10-19(29)14-22(21)30/h3-14,23H,2,15-16H2,1H3,(H,31,35)(H,32,36). The first kappa shape index (κ1) is 29.0. The molecule has 4 rings (SSSR count). The predicted molar refractivity (Wildman–Crippen MR) is 155 cm³/mol. The molecule has 1 heterocycles. The van der Waals surface area contributed by atoms with Crippen LogP contribution in [0.3, 0.4) is 0 Å². The van der Waals surface area contributed by atoms with Crippen LogP contribution in [0.15, 0.2) is 72.8 Å². The molecule has 1 atom stereocenters. The molecule has 9 nitrogen and oxygen atoms in total. The van der Waals surface area contributed by atoms with Gasteiger partial charge in [-0.3, -0.25) is 24.7 Å². The van der Waals surface area contributed by atoms with Crippen LogP contribution in [-0.4, -0.2) is 51.4 Å². The maximum Gasteiger partial charge on any atom is 0.338 e. The van der Waals surface area contributed by atoms with Crippen molar-refractivity contribution >= 4 is 69.9 Å². The molecule has 0 spiro atoms. The second-order valence-corrected chi connectivity index (χ2v) is 9.90. The van der Waals surface area contributed by atoms with Crippen molar-refractivity contribution in [3.63, 3.8) is 0 Å². The summed E-state index contributed by atoms with van der Waals surface area (Å²) in [6.45, 7) is 2.10. The molecule has 1 saturated heterocycles. The van der Waals surface area contributed by atoms with Crippen molar-refractivity contribution in [2.24, 2.45) is 0 Å². The smallest absolute Gasteiger partial charge is 0.338 e. The molecule has 0 aromatic heterocycles. The predicted octanol–water partition coefficient (Wildman–Crippen LogP) is 4.84. The number of nitrogens with zero attached hydrogens (tertiary/aromatic N) is 2. The van der Waals surface area contributed by atoms with E-state index in [0.717, 1.165) is 5.56 Å². The molecule has 1 unspecified atom stereocenters. The van der Waals surface area contributed by atoms with Gasteiger partial charge in [-0.1, -0.05) is 53.5 Å². The Labute approximate surface area is 246 Å². The highest BCUT2D eigenvalue weighted by Gasteiger charge is 2.44. The molecule has 0 bridgehead atoms. The quantitative estimate of drug-likeness (QED) is 0.268. The van der Waals surface area contributed by atoms with Crippen LogP contribution in [0.2, 0.25) is 10.0 Å². The van der Waals surface area contributed by atoms with Gasteiger partial charge in [0.15, 0.2) is 5.11 Å². The number of hydrogen-bond donors (Lipinski definition) is 2. The number of anilines is 1. The van der Waals surface area contributed by atoms with Crippen LogP contribution >= 0.6 is 35.4 Å². The number of halogens is 2. The summed E-state index contributed by atoms with van der Waals surface area (Å²) in [4.78, 5) is 52.8. The van der Waals surface area contributed by atoms with E-state index in [1.54, 1.807) is 19.1 Å². The highest BCUT2D eigenvalue weighted by molar-refractivity contribution is 7.80. The summed E-state index contributed by atoms with van der Waals surface area (Å²) < 4.78 is 4.97. The fourth-order valence-electron chi connectivity index (χ4n) is 4.00. The van der Waals surface area contributed by atoms with Crippen molar-refractivity contribution in [2.45, 2.75) is 25.9 Å². The van der Waals surface area contributed by atoms with Gasteiger partial charge in [0, 0.05) is 10.7 Å². The summed E-state index contributed by atoms with van der Waals surface area (Å²) in [7, 11) is 0. The molecule has 0 aliphatic carbocycles. The molecular formula is C28H24Cl2N4O5S. The van der Waals surface area contributed by atoms with E-state index in [9.17, 15) is 19.2 Å². The average Bonchev–Trinajstić information content (AvgIpc) is 3.13. The van der Waals surface area contributed by atoms with Gasteiger partial charge in [-0.15, -0.1) is 0 Å². The van der Waals surface area contributed by atoms with Gasteiger partial charge in [0.1, 0.15) is 6.04 Å². The van der Waals surface area contributed by atoms with Gasteiger partial charge >= 0.3 is 5.97 Å². The van der Waals surface area contributed by atoms with E-state index in [1.807, 2.05) is 30.3 Å². The third-order valence-corrected chi connectivity index (χ3v) is 6.90. The molecule has 1 fully saturated rings. The Morgan fingerprint density at radius 3 is 2.35 bits per heavy atom. The van der Waals surface area contributed by atoms with Crippen LogP contribution < -0.4 is 10.7 Å². The van der Waals surface area contributed by atoms with Crippen molar-refractivity contribution in [1.82, 2.24) is 15.3 Å². The van der Waals surface area contributed by atoms with Gasteiger partial charge in [0.2, 0.25) is 5.91 Å². The molecule has 1 aliphatic heterocycles. The molecule has 3 aromatic rings. The van der Waals surface area contributed by atoms with Gasteiger partial charge in [-0.05, 0) is 67.2 Å². The van der Waals surface area contributed by atoms with E-state index >= 15 is 0 Å². The van der Waals surface area contributed by atoms with E-state index in [0.29, 0.717) is 16.3 Å². The lowest BCUT2D eigenvalue weighted by Crippen LogP contribution is -2.49. The summed E-state index contributed by atoms with van der Waals surface area (Å²) in [6, 6.07) is 18.6. The van der Waals surface area contributed by atoms with E-state index in [2.05, 4.69) is 10.7 Å². The number of rotatable bonds is 9. The van der Waals surface area contributed by atoms with Gasteiger partial charge in [0.25, 0.3) is 11.8 Å². The molecule has 0 saturated carbocycles. The number of benzene rings is 3. The first-order valence-corrected chi connectivity index (χ1v) is 13.4. The van der Waals surface area contributed by atoms with Crippen LogP contribution in [0.4, 0.5) is 5.69 Å². The highest BCUT2D eigenvalue weighted by Crippen LogP contribution is 2.25. The molecule has 12 heteroatoms. The largest absolute Gasteiger partial charge is 0.462 e. The number of hydrogen-bond acceptors (Lipinski definition) is 6. The van der Waals surface area contributed by atoms with Crippen molar-refractivity contribution < 1.29 is 23.9 Å². The topological polar surface area (TPSA) is 108 Å². The second kappa shape index (κ2) is 12.9. The first-order chi connectivity index (χ1) is 19.2. The number of carbonyl (C=O) groups excluding carboxylic acids is 4. The van der Waals surface area contributed by atoms with Crippen molar-refractivity contribution in [3.8, 4) is 0 Å². The minimum absolute atomic E-state index is 0.0314. The van der Waals surface area contributed by atoms with Crippen LogP contribution in [0.1, 0.15) is 39.6 Å². The third kappa shape index (κ3) is 6.77. The molecular weight excluding hydrogens is 575 g/mol. The summed E-state index contributed by atoms with van der Waals surface area (Å²) in [5.74, 6) is -2.06. The number of amides is 3. The van der Waals surface area contributed by atoms with Crippen molar-refractivity contribution in [2.75, 3.05) is 11.9 Å². The van der Waals surface area contributed by atoms with Gasteiger partial charge in [-0.25, -0.2) is 9.80 Å². The number of carbonyl (C=O) groups is 4. The van der Waals surface area contributed by atoms with Crippen LogP contribution in [0.5, 0.6) is 0 Å². The van der Waals surface area contributed by atoms with E-state index < -0.39 is 29.7 Å². The Balaban J connectivity index is 1.53. The SMILES string of the molecule is CCOC(=O)c1ccc(NC(=O)CC2C(=O)N(Cc3ccccc3)C(=S)N2NC(=O)c2ccc(Cl)cc2Cl)cc1. The molecule has 1 aliphatic rings. The molecule has 0 radical (unpaired) electrons. The number of esters is 1. The number of thiocarbonyl (C=S) groups is 1. The lowest BCUT2D eigenvalue weighted by atomic mass is 10.1. The molecule has 2 N–H and O–H groups in total. The Morgan fingerprint density at radius 1 is 1.00 bits per heavy atom. The second-order valence-electron chi connectivity index (χ2n) is 8.69. The minimum Gasteiger partial charge on any atom is -0.462 e. The maximum atomic E-state index is 13.5. The summed E-state index contributed by atoms with van der Waals surface area (Å²) >= 11 is 17.7. The fraction of sp³-hybridized carbons (Fsp3) is 0.179. The summed E-state index contributed by atoms with van der Waals surface area (Å²) in [6.07, 6.45) is -0.321. The molecule has 3 amide bonds. The zero-order valence-electron chi connectivity index (χ0n) is 21.2. The minimum atomic E-state index is -1.12. The number of nitrogens with one attached hydrogen (secondary N) is 2. The monoisotopic (exact) mass is 598 g/mol. The van der Waals surface area contributed by atoms with Gasteiger partial charge in [-0.2, -0.15) is 0 Å². The Bertz CT molecular complexity index is 1450. The summed E-state index contributed by atoms with van der Waals surface area (Å²) in [5, 5.41) is 4.41. The van der Waals surface area contributed by atoms with Crippen molar-refractivity contribution in [3.05, 3.63) is 99.5 Å². The van der Waals surface area contributed by atoms with Gasteiger partial charge in [0.05, 0.1) is 35.7 Å². The van der Waals surface area contributed by atoms with Crippen LogP contribution in [-0.2, 0) is 20.9 Å². The zero-order valence-corrected chi connectivity index (χ0v) is 23.6. The van der Waals surface area contributed by atoms with E-state index in [-0.39, 0.29) is 35.3 Å². The molecule has 3 aromatic carbocycles. The lowest BCUT2D eigenvalue weighted by Gasteiger charge is -2.24.